The van der Waals surface area contributed by atoms with Crippen LogP contribution < -0.4 is 11.1 Å². The second kappa shape index (κ2) is 4.23. The van der Waals surface area contributed by atoms with Gasteiger partial charge in [0.25, 0.3) is 0 Å². The summed E-state index contributed by atoms with van der Waals surface area (Å²) in [4.78, 5) is 0.484. The van der Waals surface area contributed by atoms with E-state index < -0.39 is 0 Å². The fourth-order valence-electron chi connectivity index (χ4n) is 1.04. The highest BCUT2D eigenvalue weighted by Gasteiger charge is 1.95. The summed E-state index contributed by atoms with van der Waals surface area (Å²) in [6.45, 7) is 4.73. The van der Waals surface area contributed by atoms with Crippen LogP contribution in [-0.4, -0.2) is 11.5 Å². The van der Waals surface area contributed by atoms with Crippen LogP contribution in [0.5, 0.6) is 0 Å². The third kappa shape index (κ3) is 3.03. The lowest BCUT2D eigenvalue weighted by Crippen LogP contribution is -2.19. The predicted molar refractivity (Wildman–Crippen MR) is 61.2 cm³/mol. The lowest BCUT2D eigenvalue weighted by molar-refractivity contribution is 1.31. The highest BCUT2D eigenvalue weighted by molar-refractivity contribution is 7.80. The summed E-state index contributed by atoms with van der Waals surface area (Å²) in [6.07, 6.45) is 0. The largest absolute Gasteiger partial charge is 0.392 e. The maximum absolute atomic E-state index is 5.38. The van der Waals surface area contributed by atoms with Crippen LogP contribution in [0, 0.1) is 13.8 Å². The topological polar surface area (TPSA) is 38.0 Å². The number of nitrogens with one attached hydrogen (secondary N) is 1. The van der Waals surface area contributed by atoms with Crippen LogP contribution in [0.4, 0.5) is 5.69 Å². The number of anilines is 1. The van der Waals surface area contributed by atoms with E-state index in [0.29, 0.717) is 11.5 Å². The SMILES string of the molecule is Cc1ccc(NCC(N)=S)cc1C. The Labute approximate surface area is 84.1 Å². The van der Waals surface area contributed by atoms with Crippen LogP contribution in [0.15, 0.2) is 18.2 Å². The zero-order chi connectivity index (χ0) is 9.84. The zero-order valence-corrected chi connectivity index (χ0v) is 8.74. The Morgan fingerprint density at radius 1 is 1.38 bits per heavy atom. The molecule has 0 bridgehead atoms. The summed E-state index contributed by atoms with van der Waals surface area (Å²) < 4.78 is 0. The van der Waals surface area contributed by atoms with E-state index in [9.17, 15) is 0 Å². The van der Waals surface area contributed by atoms with Crippen LogP contribution in [-0.2, 0) is 0 Å². The molecule has 3 heteroatoms. The van der Waals surface area contributed by atoms with E-state index in [4.69, 9.17) is 18.0 Å². The molecule has 2 nitrogen and oxygen atoms in total. The number of aryl methyl sites for hydroxylation is 2. The minimum atomic E-state index is 0.484. The van der Waals surface area contributed by atoms with Gasteiger partial charge in [0.2, 0.25) is 0 Å². The molecule has 1 aromatic rings. The Hall–Kier alpha value is -1.09. The highest BCUT2D eigenvalue weighted by Crippen LogP contribution is 2.13. The molecule has 13 heavy (non-hydrogen) atoms. The van der Waals surface area contributed by atoms with Crippen molar-refractivity contribution in [1.29, 1.82) is 0 Å². The van der Waals surface area contributed by atoms with Crippen LogP contribution in [0.1, 0.15) is 11.1 Å². The van der Waals surface area contributed by atoms with Gasteiger partial charge in [-0.1, -0.05) is 18.3 Å². The van der Waals surface area contributed by atoms with E-state index in [1.54, 1.807) is 0 Å². The lowest BCUT2D eigenvalue weighted by Gasteiger charge is -2.07. The number of nitrogens with two attached hydrogens (primary N) is 1. The van der Waals surface area contributed by atoms with Crippen molar-refractivity contribution in [1.82, 2.24) is 0 Å². The van der Waals surface area contributed by atoms with Crippen molar-refractivity contribution >= 4 is 22.9 Å². The van der Waals surface area contributed by atoms with Crippen molar-refractivity contribution in [3.63, 3.8) is 0 Å². The van der Waals surface area contributed by atoms with Gasteiger partial charge in [-0.3, -0.25) is 0 Å². The number of hydrogen-bond acceptors (Lipinski definition) is 2. The van der Waals surface area contributed by atoms with Crippen molar-refractivity contribution in [2.24, 2.45) is 5.73 Å². The van der Waals surface area contributed by atoms with E-state index in [0.717, 1.165) is 5.69 Å². The van der Waals surface area contributed by atoms with Gasteiger partial charge in [0.15, 0.2) is 0 Å². The molecule has 0 aliphatic rings. The van der Waals surface area contributed by atoms with Crippen molar-refractivity contribution < 1.29 is 0 Å². The Balaban J connectivity index is 2.68. The Morgan fingerprint density at radius 3 is 2.62 bits per heavy atom. The summed E-state index contributed by atoms with van der Waals surface area (Å²) in [5, 5.41) is 3.15. The molecule has 1 aromatic carbocycles. The third-order valence-corrected chi connectivity index (χ3v) is 2.12. The molecule has 0 radical (unpaired) electrons. The first-order valence-electron chi connectivity index (χ1n) is 4.19. The fraction of sp³-hybridized carbons (Fsp3) is 0.300. The molecule has 0 unspecified atom stereocenters. The summed E-state index contributed by atoms with van der Waals surface area (Å²) >= 11 is 4.77. The second-order valence-electron chi connectivity index (χ2n) is 3.12. The summed E-state index contributed by atoms with van der Waals surface area (Å²) in [6, 6.07) is 6.20. The maximum Gasteiger partial charge on any atom is 0.0921 e. The minimum absolute atomic E-state index is 0.484. The monoisotopic (exact) mass is 194 g/mol. The van der Waals surface area contributed by atoms with Crippen LogP contribution >= 0.6 is 12.2 Å². The molecule has 70 valence electrons. The molecule has 1 rings (SSSR count). The highest BCUT2D eigenvalue weighted by atomic mass is 32.1. The third-order valence-electron chi connectivity index (χ3n) is 1.97. The van der Waals surface area contributed by atoms with Crippen molar-refractivity contribution in [2.75, 3.05) is 11.9 Å². The van der Waals surface area contributed by atoms with Gasteiger partial charge in [-0.05, 0) is 37.1 Å². The predicted octanol–water partition coefficient (Wildman–Crippen LogP) is 2.00. The number of hydrogen-bond donors (Lipinski definition) is 2. The maximum atomic E-state index is 5.38. The molecular formula is C10H14N2S. The molecule has 0 saturated heterocycles. The molecule has 0 aromatic heterocycles. The van der Waals surface area contributed by atoms with Gasteiger partial charge in [-0.2, -0.15) is 0 Å². The average molecular weight is 194 g/mol. The van der Waals surface area contributed by atoms with Gasteiger partial charge in [-0.25, -0.2) is 0 Å². The average Bonchev–Trinajstić information content (AvgIpc) is 2.07. The van der Waals surface area contributed by atoms with E-state index in [2.05, 4.69) is 31.3 Å². The fourth-order valence-corrected chi connectivity index (χ4v) is 1.11. The van der Waals surface area contributed by atoms with Gasteiger partial charge >= 0.3 is 0 Å². The molecule has 0 atom stereocenters. The first-order valence-corrected chi connectivity index (χ1v) is 4.60. The normalized spacial score (nSPS) is 9.69. The molecule has 0 aliphatic carbocycles. The quantitative estimate of drug-likeness (QED) is 0.723. The van der Waals surface area contributed by atoms with Crippen molar-refractivity contribution in [3.05, 3.63) is 29.3 Å². The van der Waals surface area contributed by atoms with Crippen molar-refractivity contribution in [2.45, 2.75) is 13.8 Å². The van der Waals surface area contributed by atoms with Gasteiger partial charge in [0, 0.05) is 5.69 Å². The molecule has 0 amide bonds. The molecular weight excluding hydrogens is 180 g/mol. The van der Waals surface area contributed by atoms with Crippen LogP contribution in [0.25, 0.3) is 0 Å². The number of rotatable bonds is 3. The van der Waals surface area contributed by atoms with Crippen LogP contribution in [0.3, 0.4) is 0 Å². The summed E-state index contributed by atoms with van der Waals surface area (Å²) in [5.41, 5.74) is 9.01. The van der Waals surface area contributed by atoms with E-state index in [1.165, 1.54) is 11.1 Å². The van der Waals surface area contributed by atoms with Crippen LogP contribution in [0.2, 0.25) is 0 Å². The summed E-state index contributed by atoms with van der Waals surface area (Å²) in [7, 11) is 0. The number of thiocarbonyl (C=S) groups is 1. The standard InChI is InChI=1S/C10H14N2S/c1-7-3-4-9(5-8(7)2)12-6-10(11)13/h3-5,12H,6H2,1-2H3,(H2,11,13). The van der Waals surface area contributed by atoms with E-state index >= 15 is 0 Å². The number of benzene rings is 1. The molecule has 0 heterocycles. The van der Waals surface area contributed by atoms with Gasteiger partial charge < -0.3 is 11.1 Å². The van der Waals surface area contributed by atoms with Gasteiger partial charge in [0.05, 0.1) is 11.5 Å². The first kappa shape index (κ1) is 9.99. The second-order valence-corrected chi connectivity index (χ2v) is 3.64. The summed E-state index contributed by atoms with van der Waals surface area (Å²) in [5.74, 6) is 0. The van der Waals surface area contributed by atoms with E-state index in [1.807, 2.05) is 6.07 Å². The zero-order valence-electron chi connectivity index (χ0n) is 7.92. The van der Waals surface area contributed by atoms with Gasteiger partial charge in [0.1, 0.15) is 0 Å². The Morgan fingerprint density at radius 2 is 2.08 bits per heavy atom. The molecule has 0 aliphatic heterocycles. The van der Waals surface area contributed by atoms with Gasteiger partial charge in [-0.15, -0.1) is 0 Å². The minimum Gasteiger partial charge on any atom is -0.392 e. The molecule has 0 saturated carbocycles. The Bertz CT molecular complexity index is 321. The first-order chi connectivity index (χ1) is 6.09. The van der Waals surface area contributed by atoms with Crippen molar-refractivity contribution in [3.8, 4) is 0 Å². The lowest BCUT2D eigenvalue weighted by atomic mass is 10.1. The molecule has 3 N–H and O–H groups in total. The Kier molecular flexibility index (Phi) is 3.25. The molecule has 0 spiro atoms. The smallest absolute Gasteiger partial charge is 0.0921 e. The molecule has 0 fully saturated rings. The van der Waals surface area contributed by atoms with E-state index in [-0.39, 0.29) is 0 Å².